The Labute approximate surface area is 66.4 Å². The molecular formula is C6H14ClF2N. The Hall–Kier alpha value is 0.110. The number of rotatable bonds is 3. The highest BCUT2D eigenvalue weighted by Crippen LogP contribution is 2.13. The molecule has 0 aromatic rings. The molecule has 0 amide bonds. The predicted molar refractivity (Wildman–Crippen MR) is 40.7 cm³/mol. The van der Waals surface area contributed by atoms with Gasteiger partial charge in [-0.3, -0.25) is 0 Å². The third-order valence-electron chi connectivity index (χ3n) is 1.17. The van der Waals surface area contributed by atoms with E-state index in [-0.39, 0.29) is 18.4 Å². The molecular weight excluding hydrogens is 160 g/mol. The Balaban J connectivity index is 0. The molecule has 0 rings (SSSR count). The maximum atomic E-state index is 11.7. The van der Waals surface area contributed by atoms with E-state index in [1.165, 1.54) is 6.92 Å². The highest BCUT2D eigenvalue weighted by atomic mass is 35.5. The zero-order valence-corrected chi connectivity index (χ0v) is 7.00. The third-order valence-corrected chi connectivity index (χ3v) is 1.17. The topological polar surface area (TPSA) is 26.0 Å². The van der Waals surface area contributed by atoms with E-state index in [0.717, 1.165) is 0 Å². The van der Waals surface area contributed by atoms with Crippen molar-refractivity contribution in [3.8, 4) is 0 Å². The number of hydrogen-bond donors (Lipinski definition) is 1. The van der Waals surface area contributed by atoms with Crippen molar-refractivity contribution in [1.82, 2.24) is 0 Å². The van der Waals surface area contributed by atoms with Crippen molar-refractivity contribution >= 4 is 12.4 Å². The molecule has 2 N–H and O–H groups in total. The van der Waals surface area contributed by atoms with Crippen LogP contribution >= 0.6 is 12.4 Å². The van der Waals surface area contributed by atoms with Gasteiger partial charge in [-0.15, -0.1) is 12.4 Å². The number of alkyl halides is 2. The van der Waals surface area contributed by atoms with Gasteiger partial charge in [-0.2, -0.15) is 0 Å². The lowest BCUT2D eigenvalue weighted by molar-refractivity contribution is 0.0791. The van der Waals surface area contributed by atoms with E-state index in [9.17, 15) is 8.78 Å². The zero-order valence-electron chi connectivity index (χ0n) is 6.18. The number of halogens is 3. The molecule has 0 fully saturated rings. The summed E-state index contributed by atoms with van der Waals surface area (Å²) in [7, 11) is 0. The smallest absolute Gasteiger partial charge is 0.241 e. The molecule has 10 heavy (non-hydrogen) atoms. The molecule has 2 atom stereocenters. The molecule has 0 aromatic heterocycles. The van der Waals surface area contributed by atoms with Crippen LogP contribution in [0.5, 0.6) is 0 Å². The summed E-state index contributed by atoms with van der Waals surface area (Å²) in [5, 5.41) is 0. The van der Waals surface area contributed by atoms with Crippen molar-refractivity contribution in [3.63, 3.8) is 0 Å². The lowest BCUT2D eigenvalue weighted by atomic mass is 10.0. The molecule has 0 bridgehead atoms. The van der Waals surface area contributed by atoms with Gasteiger partial charge in [-0.25, -0.2) is 8.78 Å². The fourth-order valence-electron chi connectivity index (χ4n) is 0.689. The van der Waals surface area contributed by atoms with Crippen molar-refractivity contribution < 1.29 is 8.78 Å². The molecule has 4 heteroatoms. The third kappa shape index (κ3) is 6.23. The zero-order chi connectivity index (χ0) is 7.44. The molecule has 0 saturated carbocycles. The Morgan fingerprint density at radius 2 is 1.70 bits per heavy atom. The van der Waals surface area contributed by atoms with Crippen LogP contribution in [0.2, 0.25) is 0 Å². The highest BCUT2D eigenvalue weighted by Gasteiger charge is 2.15. The summed E-state index contributed by atoms with van der Waals surface area (Å²) in [5.74, 6) is -0.565. The molecule has 0 spiro atoms. The summed E-state index contributed by atoms with van der Waals surface area (Å²) in [6.45, 7) is 3.24. The average Bonchev–Trinajstić information content (AvgIpc) is 1.63. The SMILES string of the molecule is CC(N)CC(C)C(F)F.Cl. The standard InChI is InChI=1S/C6H13F2N.ClH/c1-4(6(7)8)3-5(2)9;/h4-6H,3,9H2,1-2H3;1H. The second-order valence-electron chi connectivity index (χ2n) is 2.52. The minimum Gasteiger partial charge on any atom is -0.328 e. The molecule has 2 unspecified atom stereocenters. The van der Waals surface area contributed by atoms with Crippen molar-refractivity contribution in [2.24, 2.45) is 11.7 Å². The second-order valence-corrected chi connectivity index (χ2v) is 2.52. The summed E-state index contributed by atoms with van der Waals surface area (Å²) >= 11 is 0. The number of nitrogens with two attached hydrogens (primary N) is 1. The van der Waals surface area contributed by atoms with Crippen LogP contribution in [0, 0.1) is 5.92 Å². The van der Waals surface area contributed by atoms with E-state index < -0.39 is 12.3 Å². The van der Waals surface area contributed by atoms with Crippen molar-refractivity contribution in [1.29, 1.82) is 0 Å². The van der Waals surface area contributed by atoms with Gasteiger partial charge in [-0.05, 0) is 13.3 Å². The first-order chi connectivity index (χ1) is 4.04. The summed E-state index contributed by atoms with van der Waals surface area (Å²) in [6, 6.07) is -0.117. The van der Waals surface area contributed by atoms with Gasteiger partial charge < -0.3 is 5.73 Å². The predicted octanol–water partition coefficient (Wildman–Crippen LogP) is 2.05. The normalized spacial score (nSPS) is 16.2. The summed E-state index contributed by atoms with van der Waals surface area (Å²) in [6.07, 6.45) is -1.83. The van der Waals surface area contributed by atoms with Crippen LogP contribution in [0.25, 0.3) is 0 Å². The average molecular weight is 174 g/mol. The van der Waals surface area contributed by atoms with Crippen molar-refractivity contribution in [2.75, 3.05) is 0 Å². The van der Waals surface area contributed by atoms with Crippen LogP contribution in [0.4, 0.5) is 8.78 Å². The molecule has 0 aliphatic rings. The first-order valence-electron chi connectivity index (χ1n) is 3.07. The first-order valence-corrected chi connectivity index (χ1v) is 3.07. The van der Waals surface area contributed by atoms with Gasteiger partial charge in [0.2, 0.25) is 6.43 Å². The maximum Gasteiger partial charge on any atom is 0.241 e. The van der Waals surface area contributed by atoms with Gasteiger partial charge in [0.15, 0.2) is 0 Å². The quantitative estimate of drug-likeness (QED) is 0.695. The van der Waals surface area contributed by atoms with Gasteiger partial charge in [0.1, 0.15) is 0 Å². The molecule has 64 valence electrons. The monoisotopic (exact) mass is 173 g/mol. The summed E-state index contributed by atoms with van der Waals surface area (Å²) in [5.41, 5.74) is 5.30. The van der Waals surface area contributed by atoms with E-state index in [1.54, 1.807) is 6.92 Å². The highest BCUT2D eigenvalue weighted by molar-refractivity contribution is 5.85. The first kappa shape index (κ1) is 12.8. The lowest BCUT2D eigenvalue weighted by Crippen LogP contribution is -2.21. The molecule has 0 radical (unpaired) electrons. The van der Waals surface area contributed by atoms with Crippen LogP contribution in [0.3, 0.4) is 0 Å². The molecule has 1 nitrogen and oxygen atoms in total. The van der Waals surface area contributed by atoms with Gasteiger partial charge in [-0.1, -0.05) is 6.92 Å². The van der Waals surface area contributed by atoms with Crippen molar-refractivity contribution in [3.05, 3.63) is 0 Å². The van der Waals surface area contributed by atoms with Crippen LogP contribution in [-0.2, 0) is 0 Å². The van der Waals surface area contributed by atoms with Crippen molar-refractivity contribution in [2.45, 2.75) is 32.7 Å². The van der Waals surface area contributed by atoms with Crippen LogP contribution in [0.1, 0.15) is 20.3 Å². The van der Waals surface area contributed by atoms with Crippen LogP contribution in [0.15, 0.2) is 0 Å². The fraction of sp³-hybridized carbons (Fsp3) is 1.00. The van der Waals surface area contributed by atoms with E-state index in [2.05, 4.69) is 0 Å². The molecule has 0 aromatic carbocycles. The Kier molecular flexibility index (Phi) is 7.48. The molecule has 0 aliphatic heterocycles. The second kappa shape index (κ2) is 5.86. The summed E-state index contributed by atoms with van der Waals surface area (Å²) < 4.78 is 23.5. The van der Waals surface area contributed by atoms with E-state index in [1.807, 2.05) is 0 Å². The van der Waals surface area contributed by atoms with Crippen LogP contribution in [-0.4, -0.2) is 12.5 Å². The van der Waals surface area contributed by atoms with E-state index in [0.29, 0.717) is 6.42 Å². The maximum absolute atomic E-state index is 11.7. The van der Waals surface area contributed by atoms with Gasteiger partial charge in [0.05, 0.1) is 0 Å². The summed E-state index contributed by atoms with van der Waals surface area (Å²) in [4.78, 5) is 0. The minimum atomic E-state index is -2.23. The van der Waals surface area contributed by atoms with E-state index in [4.69, 9.17) is 5.73 Å². The van der Waals surface area contributed by atoms with Gasteiger partial charge >= 0.3 is 0 Å². The van der Waals surface area contributed by atoms with Crippen LogP contribution < -0.4 is 5.73 Å². The van der Waals surface area contributed by atoms with Gasteiger partial charge in [0, 0.05) is 12.0 Å². The Morgan fingerprint density at radius 3 is 1.80 bits per heavy atom. The number of hydrogen-bond acceptors (Lipinski definition) is 1. The molecule has 0 aliphatic carbocycles. The van der Waals surface area contributed by atoms with E-state index >= 15 is 0 Å². The Morgan fingerprint density at radius 1 is 1.30 bits per heavy atom. The lowest BCUT2D eigenvalue weighted by Gasteiger charge is -2.11. The molecule has 0 heterocycles. The molecule has 0 saturated heterocycles. The largest absolute Gasteiger partial charge is 0.328 e. The fourth-order valence-corrected chi connectivity index (χ4v) is 0.689. The van der Waals surface area contributed by atoms with Gasteiger partial charge in [0.25, 0.3) is 0 Å². The Bertz CT molecular complexity index is 78.1. The minimum absolute atomic E-state index is 0.